The van der Waals surface area contributed by atoms with Crippen LogP contribution in [0.4, 0.5) is 0 Å². The maximum Gasteiger partial charge on any atom is 0.210 e. The third-order valence-electron chi connectivity index (χ3n) is 2.16. The molecule has 1 aromatic heterocycles. The van der Waals surface area contributed by atoms with Gasteiger partial charge < -0.3 is 4.74 Å². The van der Waals surface area contributed by atoms with Crippen molar-refractivity contribution in [3.05, 3.63) is 46.3 Å². The van der Waals surface area contributed by atoms with Crippen molar-refractivity contribution in [1.82, 2.24) is 0 Å². The molecule has 1 aromatic carbocycles. The lowest BCUT2D eigenvalue weighted by Crippen LogP contribution is -2.10. The molecule has 19 heavy (non-hydrogen) atoms. The predicted octanol–water partition coefficient (Wildman–Crippen LogP) is 6.06. The number of carbonyl (C=O) groups is 1. The Labute approximate surface area is 148 Å². The SMILES string of the molecule is O=C(COc1c(Br)cc(Br)cc1Br)c1ccc(Br)s1. The molecule has 0 aliphatic rings. The monoisotopic (exact) mass is 530 g/mol. The summed E-state index contributed by atoms with van der Waals surface area (Å²) in [5.74, 6) is 0.574. The molecule has 2 aromatic rings. The molecular weight excluding hydrogens is 528 g/mol. The highest BCUT2D eigenvalue weighted by molar-refractivity contribution is 9.11. The molecule has 2 rings (SSSR count). The number of carbonyl (C=O) groups excluding carboxylic acids is 1. The van der Waals surface area contributed by atoms with Crippen LogP contribution < -0.4 is 4.74 Å². The van der Waals surface area contributed by atoms with E-state index in [-0.39, 0.29) is 12.4 Å². The number of Topliss-reactive ketones (excluding diaryl/α,β-unsaturated/α-hetero) is 1. The molecule has 0 saturated heterocycles. The minimum Gasteiger partial charge on any atom is -0.483 e. The van der Waals surface area contributed by atoms with Gasteiger partial charge in [-0.3, -0.25) is 4.79 Å². The predicted molar refractivity (Wildman–Crippen MR) is 91.4 cm³/mol. The fraction of sp³-hybridized carbons (Fsp3) is 0.0833. The van der Waals surface area contributed by atoms with Crippen molar-refractivity contribution in [2.75, 3.05) is 6.61 Å². The maximum atomic E-state index is 11.9. The Kier molecular flexibility index (Phi) is 5.65. The zero-order valence-corrected chi connectivity index (χ0v) is 16.4. The van der Waals surface area contributed by atoms with Gasteiger partial charge in [-0.15, -0.1) is 11.3 Å². The summed E-state index contributed by atoms with van der Waals surface area (Å²) in [6, 6.07) is 7.37. The Morgan fingerprint density at radius 2 is 1.74 bits per heavy atom. The summed E-state index contributed by atoms with van der Waals surface area (Å²) in [7, 11) is 0. The Hall–Kier alpha value is 0.310. The molecule has 0 saturated carbocycles. The summed E-state index contributed by atoms with van der Waals surface area (Å²) in [6.45, 7) is 0.00574. The van der Waals surface area contributed by atoms with E-state index in [0.717, 1.165) is 17.2 Å². The lowest BCUT2D eigenvalue weighted by molar-refractivity contribution is 0.0924. The van der Waals surface area contributed by atoms with Gasteiger partial charge >= 0.3 is 0 Å². The van der Waals surface area contributed by atoms with E-state index in [1.807, 2.05) is 18.2 Å². The van der Waals surface area contributed by atoms with Gasteiger partial charge in [0.1, 0.15) is 5.75 Å². The van der Waals surface area contributed by atoms with E-state index < -0.39 is 0 Å². The summed E-state index contributed by atoms with van der Waals surface area (Å²) >= 11 is 14.9. The molecule has 1 heterocycles. The number of halogens is 4. The van der Waals surface area contributed by atoms with E-state index in [0.29, 0.717) is 10.6 Å². The average molecular weight is 534 g/mol. The average Bonchev–Trinajstić information content (AvgIpc) is 2.74. The molecule has 0 amide bonds. The van der Waals surface area contributed by atoms with Gasteiger partial charge in [-0.05, 0) is 72.1 Å². The van der Waals surface area contributed by atoms with Crippen LogP contribution in [0.3, 0.4) is 0 Å². The van der Waals surface area contributed by atoms with E-state index in [2.05, 4.69) is 63.7 Å². The second-order valence-electron chi connectivity index (χ2n) is 3.51. The van der Waals surface area contributed by atoms with Crippen LogP contribution in [0.25, 0.3) is 0 Å². The fourth-order valence-corrected chi connectivity index (χ4v) is 5.14. The third kappa shape index (κ3) is 4.14. The van der Waals surface area contributed by atoms with Crippen molar-refractivity contribution < 1.29 is 9.53 Å². The van der Waals surface area contributed by atoms with Crippen molar-refractivity contribution in [2.45, 2.75) is 0 Å². The van der Waals surface area contributed by atoms with Crippen LogP contribution in [0, 0.1) is 0 Å². The van der Waals surface area contributed by atoms with Gasteiger partial charge in [0.2, 0.25) is 5.78 Å². The molecule has 0 atom stereocenters. The highest BCUT2D eigenvalue weighted by atomic mass is 79.9. The van der Waals surface area contributed by atoms with Crippen molar-refractivity contribution in [2.24, 2.45) is 0 Å². The minimum absolute atomic E-state index is 0.00574. The summed E-state index contributed by atoms with van der Waals surface area (Å²) in [4.78, 5) is 12.6. The summed E-state index contributed by atoms with van der Waals surface area (Å²) in [5.41, 5.74) is 0. The number of hydrogen-bond donors (Lipinski definition) is 0. The first-order chi connectivity index (χ1) is 8.97. The number of ether oxygens (including phenoxy) is 1. The standard InChI is InChI=1S/C12H6Br4O2S/c13-6-3-7(14)12(8(15)4-6)18-5-9(17)10-1-2-11(16)19-10/h1-4H,5H2. The third-order valence-corrected chi connectivity index (χ3v) is 5.46. The van der Waals surface area contributed by atoms with Gasteiger partial charge in [0.15, 0.2) is 6.61 Å². The number of ketones is 1. The molecule has 0 fully saturated rings. The first kappa shape index (κ1) is 15.7. The molecule has 0 bridgehead atoms. The Balaban J connectivity index is 2.09. The molecule has 0 unspecified atom stereocenters. The number of thiophene rings is 1. The molecule has 0 radical (unpaired) electrons. The van der Waals surface area contributed by atoms with Crippen LogP contribution in [0.1, 0.15) is 9.67 Å². The van der Waals surface area contributed by atoms with Gasteiger partial charge in [-0.25, -0.2) is 0 Å². The normalized spacial score (nSPS) is 10.5. The summed E-state index contributed by atoms with van der Waals surface area (Å²) in [5, 5.41) is 0. The summed E-state index contributed by atoms with van der Waals surface area (Å²) in [6.07, 6.45) is 0. The number of hydrogen-bond acceptors (Lipinski definition) is 3. The Morgan fingerprint density at radius 1 is 1.11 bits per heavy atom. The zero-order valence-electron chi connectivity index (χ0n) is 9.25. The lowest BCUT2D eigenvalue weighted by Gasteiger charge is -2.09. The maximum absolute atomic E-state index is 11.9. The van der Waals surface area contributed by atoms with Crippen molar-refractivity contribution in [3.63, 3.8) is 0 Å². The first-order valence-corrected chi connectivity index (χ1v) is 9.02. The van der Waals surface area contributed by atoms with Gasteiger partial charge in [0, 0.05) is 4.47 Å². The quantitative estimate of drug-likeness (QED) is 0.447. The zero-order chi connectivity index (χ0) is 14.0. The Bertz CT molecular complexity index is 601. The second-order valence-corrected chi connectivity index (χ2v) is 8.60. The van der Waals surface area contributed by atoms with E-state index in [9.17, 15) is 4.79 Å². The number of rotatable bonds is 4. The molecule has 7 heteroatoms. The highest BCUT2D eigenvalue weighted by Gasteiger charge is 2.13. The number of benzene rings is 1. The van der Waals surface area contributed by atoms with Gasteiger partial charge in [0.05, 0.1) is 17.6 Å². The van der Waals surface area contributed by atoms with Crippen LogP contribution in [0.2, 0.25) is 0 Å². The second kappa shape index (κ2) is 6.85. The highest BCUT2D eigenvalue weighted by Crippen LogP contribution is 2.36. The molecular formula is C12H6Br4O2S. The van der Waals surface area contributed by atoms with Crippen molar-refractivity contribution >= 4 is 80.8 Å². The molecule has 0 aliphatic heterocycles. The topological polar surface area (TPSA) is 26.3 Å². The van der Waals surface area contributed by atoms with Crippen LogP contribution >= 0.6 is 75.1 Å². The first-order valence-electron chi connectivity index (χ1n) is 5.03. The van der Waals surface area contributed by atoms with Crippen LogP contribution in [0.15, 0.2) is 41.5 Å². The van der Waals surface area contributed by atoms with Crippen molar-refractivity contribution in [3.8, 4) is 5.75 Å². The summed E-state index contributed by atoms with van der Waals surface area (Å²) < 4.78 is 9.00. The smallest absolute Gasteiger partial charge is 0.210 e. The fourth-order valence-electron chi connectivity index (χ4n) is 1.34. The lowest BCUT2D eigenvalue weighted by atomic mass is 10.3. The van der Waals surface area contributed by atoms with E-state index >= 15 is 0 Å². The van der Waals surface area contributed by atoms with E-state index in [1.165, 1.54) is 11.3 Å². The van der Waals surface area contributed by atoms with Crippen molar-refractivity contribution in [1.29, 1.82) is 0 Å². The largest absolute Gasteiger partial charge is 0.483 e. The van der Waals surface area contributed by atoms with Crippen LogP contribution in [-0.4, -0.2) is 12.4 Å². The van der Waals surface area contributed by atoms with Gasteiger partial charge in [-0.2, -0.15) is 0 Å². The molecule has 0 aliphatic carbocycles. The minimum atomic E-state index is -0.0441. The van der Waals surface area contributed by atoms with Crippen LogP contribution in [-0.2, 0) is 0 Å². The van der Waals surface area contributed by atoms with E-state index in [1.54, 1.807) is 6.07 Å². The van der Waals surface area contributed by atoms with E-state index in [4.69, 9.17) is 4.74 Å². The molecule has 0 spiro atoms. The molecule has 0 N–H and O–H groups in total. The molecule has 100 valence electrons. The van der Waals surface area contributed by atoms with Crippen LogP contribution in [0.5, 0.6) is 5.75 Å². The Morgan fingerprint density at radius 3 is 2.26 bits per heavy atom. The molecule has 2 nitrogen and oxygen atoms in total. The van der Waals surface area contributed by atoms with Gasteiger partial charge in [-0.1, -0.05) is 15.9 Å². The van der Waals surface area contributed by atoms with Gasteiger partial charge in [0.25, 0.3) is 0 Å².